The molecule has 0 fully saturated rings. The summed E-state index contributed by atoms with van der Waals surface area (Å²) < 4.78 is 36.0. The Morgan fingerprint density at radius 2 is 1.49 bits per heavy atom. The molecule has 0 aliphatic heterocycles. The van der Waals surface area contributed by atoms with Gasteiger partial charge in [-0.1, -0.05) is 60.7 Å². The Hall–Kier alpha value is -4.28. The summed E-state index contributed by atoms with van der Waals surface area (Å²) >= 11 is 3.22. The van der Waals surface area contributed by atoms with Crippen LogP contribution >= 0.6 is 15.9 Å². The van der Waals surface area contributed by atoms with Crippen molar-refractivity contribution in [2.45, 2.75) is 22.8 Å². The molecule has 0 bridgehead atoms. The van der Waals surface area contributed by atoms with E-state index in [1.165, 1.54) is 18.2 Å². The van der Waals surface area contributed by atoms with Crippen molar-refractivity contribution in [3.8, 4) is 0 Å². The lowest BCUT2D eigenvalue weighted by molar-refractivity contribution is 0.0994. The van der Waals surface area contributed by atoms with Gasteiger partial charge in [-0.05, 0) is 64.8 Å². The number of nitrogens with zero attached hydrogens (tertiary/aromatic N) is 3. The van der Waals surface area contributed by atoms with E-state index in [0.717, 1.165) is 5.56 Å². The zero-order valence-electron chi connectivity index (χ0n) is 20.6. The quantitative estimate of drug-likeness (QED) is 0.230. The summed E-state index contributed by atoms with van der Waals surface area (Å²) in [5.74, 6) is -0.544. The molecule has 194 valence electrons. The van der Waals surface area contributed by atoms with Gasteiger partial charge >= 0.3 is 0 Å². The molecule has 0 saturated heterocycles. The van der Waals surface area contributed by atoms with Gasteiger partial charge in [0, 0.05) is 0 Å². The number of halogens is 1. The van der Waals surface area contributed by atoms with E-state index in [1.807, 2.05) is 55.5 Å². The number of hydrogen-bond acceptors (Lipinski definition) is 6. The number of carbonyl (C=O) groups is 1. The van der Waals surface area contributed by atoms with E-state index in [1.54, 1.807) is 34.9 Å². The first-order valence-corrected chi connectivity index (χ1v) is 14.3. The van der Waals surface area contributed by atoms with Gasteiger partial charge in [-0.3, -0.25) is 4.79 Å². The predicted octanol–water partition coefficient (Wildman–Crippen LogP) is 6.63. The lowest BCUT2D eigenvalue weighted by Gasteiger charge is -2.19. The van der Waals surface area contributed by atoms with E-state index in [4.69, 9.17) is 14.4 Å². The average Bonchev–Trinajstić information content (AvgIpc) is 3.53. The van der Waals surface area contributed by atoms with Crippen LogP contribution in [0.3, 0.4) is 0 Å². The molecule has 6 rings (SSSR count). The number of benzene rings is 3. The topological polar surface area (TPSA) is 107 Å². The molecule has 0 aliphatic carbocycles. The van der Waals surface area contributed by atoms with Crippen molar-refractivity contribution in [2.75, 3.05) is 5.32 Å². The Labute approximate surface area is 232 Å². The SMILES string of the molecule is CC(c1ccccc1)n1c(NC(=O)c2ccc(Br)o2)c(S(=O)(=O)c2ccccc2)c2nc3ccccc3nc21. The Kier molecular flexibility index (Phi) is 6.28. The first kappa shape index (κ1) is 25.0. The summed E-state index contributed by atoms with van der Waals surface area (Å²) in [6.45, 7) is 1.92. The predicted molar refractivity (Wildman–Crippen MR) is 152 cm³/mol. The largest absolute Gasteiger partial charge is 0.444 e. The molecule has 1 amide bonds. The van der Waals surface area contributed by atoms with Crippen molar-refractivity contribution in [3.05, 3.63) is 113 Å². The second-order valence-electron chi connectivity index (χ2n) is 8.89. The normalized spacial score (nSPS) is 12.6. The molecule has 3 aromatic heterocycles. The van der Waals surface area contributed by atoms with Crippen LogP contribution in [-0.2, 0) is 9.84 Å². The van der Waals surface area contributed by atoms with E-state index < -0.39 is 21.8 Å². The van der Waals surface area contributed by atoms with Crippen molar-refractivity contribution in [1.82, 2.24) is 14.5 Å². The first-order chi connectivity index (χ1) is 18.8. The lowest BCUT2D eigenvalue weighted by atomic mass is 10.1. The van der Waals surface area contributed by atoms with E-state index >= 15 is 0 Å². The first-order valence-electron chi connectivity index (χ1n) is 12.1. The number of fused-ring (bicyclic) bond motifs is 2. The van der Waals surface area contributed by atoms with Crippen LogP contribution in [0.15, 0.2) is 116 Å². The maximum atomic E-state index is 14.2. The van der Waals surface area contributed by atoms with Crippen molar-refractivity contribution < 1.29 is 17.6 Å². The fourth-order valence-electron chi connectivity index (χ4n) is 4.59. The second kappa shape index (κ2) is 9.79. The molecule has 0 radical (unpaired) electrons. The average molecular weight is 601 g/mol. The molecule has 1 atom stereocenters. The van der Waals surface area contributed by atoms with Gasteiger partial charge in [0.25, 0.3) is 5.91 Å². The van der Waals surface area contributed by atoms with Gasteiger partial charge in [0.2, 0.25) is 9.84 Å². The minimum atomic E-state index is -4.16. The van der Waals surface area contributed by atoms with Crippen molar-refractivity contribution >= 4 is 59.7 Å². The molecule has 0 aliphatic rings. The van der Waals surface area contributed by atoms with Gasteiger partial charge in [0.05, 0.1) is 22.0 Å². The fourth-order valence-corrected chi connectivity index (χ4v) is 6.44. The molecule has 39 heavy (non-hydrogen) atoms. The summed E-state index contributed by atoms with van der Waals surface area (Å²) in [5.41, 5.74) is 2.52. The van der Waals surface area contributed by atoms with Gasteiger partial charge in [-0.15, -0.1) is 0 Å². The van der Waals surface area contributed by atoms with E-state index in [0.29, 0.717) is 21.4 Å². The minimum Gasteiger partial charge on any atom is -0.444 e. The second-order valence-corrected chi connectivity index (χ2v) is 11.6. The minimum absolute atomic E-state index is 0.0141. The number of amides is 1. The lowest BCUT2D eigenvalue weighted by Crippen LogP contribution is -2.19. The third-order valence-electron chi connectivity index (χ3n) is 6.47. The molecule has 6 aromatic rings. The van der Waals surface area contributed by atoms with Crippen LogP contribution < -0.4 is 5.32 Å². The van der Waals surface area contributed by atoms with E-state index in [9.17, 15) is 13.2 Å². The third kappa shape index (κ3) is 4.41. The standard InChI is InChI=1S/C29H21BrN4O4S/c1-18(19-10-4-2-5-11-19)34-27-25(31-21-14-8-9-15-22(21)32-27)26(39(36,37)20-12-6-3-7-13-20)28(34)33-29(35)23-16-17-24(30)38-23/h2-18H,1H3,(H,33,35). The highest BCUT2D eigenvalue weighted by Gasteiger charge is 2.34. The van der Waals surface area contributed by atoms with Crippen LogP contribution in [0.2, 0.25) is 0 Å². The molecule has 1 unspecified atom stereocenters. The highest BCUT2D eigenvalue weighted by atomic mass is 79.9. The molecular formula is C29H21BrN4O4S. The van der Waals surface area contributed by atoms with E-state index in [2.05, 4.69) is 21.2 Å². The third-order valence-corrected chi connectivity index (χ3v) is 8.71. The van der Waals surface area contributed by atoms with Gasteiger partial charge in [0.15, 0.2) is 16.1 Å². The molecule has 1 N–H and O–H groups in total. The molecule has 10 heteroatoms. The van der Waals surface area contributed by atoms with Crippen LogP contribution in [0.25, 0.3) is 22.2 Å². The Balaban J connectivity index is 1.71. The van der Waals surface area contributed by atoms with Gasteiger partial charge in [-0.2, -0.15) is 0 Å². The number of hydrogen-bond donors (Lipinski definition) is 1. The Morgan fingerprint density at radius 1 is 0.872 bits per heavy atom. The van der Waals surface area contributed by atoms with Gasteiger partial charge in [0.1, 0.15) is 16.2 Å². The number of anilines is 1. The zero-order chi connectivity index (χ0) is 27.1. The van der Waals surface area contributed by atoms with Crippen molar-refractivity contribution in [2.24, 2.45) is 0 Å². The van der Waals surface area contributed by atoms with Crippen LogP contribution in [0.1, 0.15) is 29.1 Å². The number of furan rings is 1. The van der Waals surface area contributed by atoms with E-state index in [-0.39, 0.29) is 26.9 Å². The summed E-state index contributed by atoms with van der Waals surface area (Å²) in [4.78, 5) is 22.9. The Bertz CT molecular complexity index is 1950. The monoisotopic (exact) mass is 600 g/mol. The van der Waals surface area contributed by atoms with Crippen molar-refractivity contribution in [1.29, 1.82) is 0 Å². The summed E-state index contributed by atoms with van der Waals surface area (Å²) in [7, 11) is -4.16. The number of aromatic nitrogens is 3. The molecule has 0 spiro atoms. The number of sulfone groups is 1. The zero-order valence-corrected chi connectivity index (χ0v) is 23.0. The smallest absolute Gasteiger partial charge is 0.292 e. The van der Waals surface area contributed by atoms with Gasteiger partial charge < -0.3 is 14.3 Å². The fraction of sp³-hybridized carbons (Fsp3) is 0.0690. The summed E-state index contributed by atoms with van der Waals surface area (Å²) in [5, 5.41) is 2.83. The Morgan fingerprint density at radius 3 is 2.13 bits per heavy atom. The van der Waals surface area contributed by atoms with Crippen LogP contribution in [-0.4, -0.2) is 28.9 Å². The van der Waals surface area contributed by atoms with Crippen molar-refractivity contribution in [3.63, 3.8) is 0 Å². The molecule has 0 saturated carbocycles. The number of para-hydroxylation sites is 2. The highest BCUT2D eigenvalue weighted by Crippen LogP contribution is 2.40. The van der Waals surface area contributed by atoms with Crippen LogP contribution in [0, 0.1) is 0 Å². The summed E-state index contributed by atoms with van der Waals surface area (Å²) in [6.07, 6.45) is 0. The molecule has 3 heterocycles. The highest BCUT2D eigenvalue weighted by molar-refractivity contribution is 9.10. The van der Waals surface area contributed by atoms with Crippen LogP contribution in [0.5, 0.6) is 0 Å². The number of nitrogens with one attached hydrogen (secondary N) is 1. The number of rotatable bonds is 6. The molecular weight excluding hydrogens is 580 g/mol. The van der Waals surface area contributed by atoms with Crippen LogP contribution in [0.4, 0.5) is 5.82 Å². The maximum absolute atomic E-state index is 14.2. The molecule has 8 nitrogen and oxygen atoms in total. The number of carbonyl (C=O) groups excluding carboxylic acids is 1. The maximum Gasteiger partial charge on any atom is 0.292 e. The molecule has 3 aromatic carbocycles. The van der Waals surface area contributed by atoms with Gasteiger partial charge in [-0.25, -0.2) is 18.4 Å². The summed E-state index contributed by atoms with van der Waals surface area (Å²) in [6, 6.07) is 27.6.